The number of anilines is 1. The second kappa shape index (κ2) is 7.77. The first-order valence-electron chi connectivity index (χ1n) is 7.55. The monoisotopic (exact) mass is 382 g/mol. The summed E-state index contributed by atoms with van der Waals surface area (Å²) in [4.78, 5) is 12.0. The van der Waals surface area contributed by atoms with Crippen molar-refractivity contribution in [3.63, 3.8) is 0 Å². The van der Waals surface area contributed by atoms with Crippen LogP contribution in [0.2, 0.25) is 0 Å². The third kappa shape index (κ3) is 4.97. The molecule has 0 heterocycles. The van der Waals surface area contributed by atoms with Crippen LogP contribution in [0.5, 0.6) is 0 Å². The fourth-order valence-corrected chi connectivity index (χ4v) is 2.89. The summed E-state index contributed by atoms with van der Waals surface area (Å²) in [5, 5.41) is 19.0. The van der Waals surface area contributed by atoms with E-state index in [1.807, 2.05) is 19.0 Å². The van der Waals surface area contributed by atoms with Crippen molar-refractivity contribution in [3.05, 3.63) is 63.5 Å². The van der Waals surface area contributed by atoms with Crippen LogP contribution in [-0.2, 0) is 23.1 Å². The van der Waals surface area contributed by atoms with Crippen LogP contribution < -0.4 is 10.5 Å². The summed E-state index contributed by atoms with van der Waals surface area (Å²) in [7, 11) is -0.384. The predicted molar refractivity (Wildman–Crippen MR) is 95.6 cm³/mol. The van der Waals surface area contributed by atoms with Crippen molar-refractivity contribution in [3.8, 4) is 0 Å². The number of primary sulfonamides is 1. The van der Waals surface area contributed by atoms with Crippen LogP contribution in [-0.4, -0.2) is 32.3 Å². The molecule has 3 N–H and O–H groups in total. The van der Waals surface area contributed by atoms with Crippen molar-refractivity contribution in [2.24, 2.45) is 5.14 Å². The summed E-state index contributed by atoms with van der Waals surface area (Å²) in [6.07, 6.45) is 0. The molecule has 0 fully saturated rings. The second-order valence-electron chi connectivity index (χ2n) is 6.00. The number of nitro groups is 1. The first kappa shape index (κ1) is 19.8. The van der Waals surface area contributed by atoms with Crippen LogP contribution in [0, 0.1) is 15.9 Å². The Morgan fingerprint density at radius 2 is 1.92 bits per heavy atom. The molecule has 140 valence electrons. The molecule has 0 spiro atoms. The Kier molecular flexibility index (Phi) is 5.90. The lowest BCUT2D eigenvalue weighted by Crippen LogP contribution is -2.13. The van der Waals surface area contributed by atoms with E-state index in [0.29, 0.717) is 17.7 Å². The normalized spacial score (nSPS) is 11.6. The minimum absolute atomic E-state index is 0.111. The quantitative estimate of drug-likeness (QED) is 0.559. The van der Waals surface area contributed by atoms with E-state index in [9.17, 15) is 22.9 Å². The molecule has 2 rings (SSSR count). The fourth-order valence-electron chi connectivity index (χ4n) is 2.36. The number of benzene rings is 2. The maximum Gasteiger partial charge on any atom is 0.293 e. The SMILES string of the molecule is CN(C)Cc1ccc(CNc2ccc(S(N)(=O)=O)cc2[N+](=O)[O-])cc1F. The Hall–Kier alpha value is -2.56. The molecular weight excluding hydrogens is 363 g/mol. The zero-order valence-electron chi connectivity index (χ0n) is 14.3. The summed E-state index contributed by atoms with van der Waals surface area (Å²) in [6.45, 7) is 0.592. The van der Waals surface area contributed by atoms with E-state index >= 15 is 0 Å². The van der Waals surface area contributed by atoms with E-state index in [0.717, 1.165) is 6.07 Å². The number of halogens is 1. The molecular formula is C16H19FN4O4S. The molecule has 0 radical (unpaired) electrons. The lowest BCUT2D eigenvalue weighted by molar-refractivity contribution is -0.384. The Bertz CT molecular complexity index is 932. The number of rotatable bonds is 7. The van der Waals surface area contributed by atoms with Crippen LogP contribution in [0.1, 0.15) is 11.1 Å². The number of nitrogens with zero attached hydrogens (tertiary/aromatic N) is 2. The molecule has 0 saturated carbocycles. The maximum absolute atomic E-state index is 14.1. The van der Waals surface area contributed by atoms with E-state index in [1.54, 1.807) is 12.1 Å². The van der Waals surface area contributed by atoms with Gasteiger partial charge in [-0.3, -0.25) is 10.1 Å². The van der Waals surface area contributed by atoms with Gasteiger partial charge in [-0.2, -0.15) is 0 Å². The minimum Gasteiger partial charge on any atom is -0.375 e. The molecule has 2 aromatic carbocycles. The molecule has 0 aromatic heterocycles. The van der Waals surface area contributed by atoms with Crippen LogP contribution in [0.3, 0.4) is 0 Å². The molecule has 0 atom stereocenters. The number of hydrogen-bond donors (Lipinski definition) is 2. The van der Waals surface area contributed by atoms with Gasteiger partial charge in [0.1, 0.15) is 11.5 Å². The first-order valence-corrected chi connectivity index (χ1v) is 9.09. The van der Waals surface area contributed by atoms with Gasteiger partial charge in [-0.25, -0.2) is 17.9 Å². The number of hydrogen-bond acceptors (Lipinski definition) is 6. The lowest BCUT2D eigenvalue weighted by Gasteiger charge is -2.12. The highest BCUT2D eigenvalue weighted by molar-refractivity contribution is 7.89. The molecule has 0 saturated heterocycles. The molecule has 0 aliphatic rings. The van der Waals surface area contributed by atoms with Gasteiger partial charge >= 0.3 is 0 Å². The summed E-state index contributed by atoms with van der Waals surface area (Å²) >= 11 is 0. The van der Waals surface area contributed by atoms with Gasteiger partial charge in [0.25, 0.3) is 5.69 Å². The van der Waals surface area contributed by atoms with Gasteiger partial charge in [0.05, 0.1) is 9.82 Å². The van der Waals surface area contributed by atoms with Crippen molar-refractivity contribution in [1.82, 2.24) is 4.90 Å². The minimum atomic E-state index is -4.05. The summed E-state index contributed by atoms with van der Waals surface area (Å²) < 4.78 is 36.8. The van der Waals surface area contributed by atoms with Crippen LogP contribution in [0.25, 0.3) is 0 Å². The molecule has 8 nitrogen and oxygen atoms in total. The van der Waals surface area contributed by atoms with Gasteiger partial charge in [-0.05, 0) is 37.9 Å². The maximum atomic E-state index is 14.1. The summed E-state index contributed by atoms with van der Waals surface area (Å²) in [5.74, 6) is -0.364. The highest BCUT2D eigenvalue weighted by Gasteiger charge is 2.19. The third-order valence-electron chi connectivity index (χ3n) is 3.58. The fraction of sp³-hybridized carbons (Fsp3) is 0.250. The van der Waals surface area contributed by atoms with Gasteiger partial charge in [0.15, 0.2) is 0 Å². The zero-order chi connectivity index (χ0) is 19.5. The predicted octanol–water partition coefficient (Wildman–Crippen LogP) is 2.06. The Morgan fingerprint density at radius 3 is 2.46 bits per heavy atom. The largest absolute Gasteiger partial charge is 0.375 e. The summed E-state index contributed by atoms with van der Waals surface area (Å²) in [5.41, 5.74) is 0.818. The number of nitrogens with one attached hydrogen (secondary N) is 1. The van der Waals surface area contributed by atoms with E-state index in [4.69, 9.17) is 5.14 Å². The van der Waals surface area contributed by atoms with E-state index in [-0.39, 0.29) is 22.9 Å². The van der Waals surface area contributed by atoms with Crippen molar-refractivity contribution in [1.29, 1.82) is 0 Å². The van der Waals surface area contributed by atoms with Crippen LogP contribution in [0.4, 0.5) is 15.8 Å². The van der Waals surface area contributed by atoms with Gasteiger partial charge in [0.2, 0.25) is 10.0 Å². The van der Waals surface area contributed by atoms with Gasteiger partial charge in [0, 0.05) is 24.7 Å². The summed E-state index contributed by atoms with van der Waals surface area (Å²) in [6, 6.07) is 8.05. The average molecular weight is 382 g/mol. The molecule has 0 aliphatic carbocycles. The number of sulfonamides is 1. The van der Waals surface area contributed by atoms with Crippen molar-refractivity contribution in [2.45, 2.75) is 18.0 Å². The zero-order valence-corrected chi connectivity index (χ0v) is 15.1. The molecule has 0 unspecified atom stereocenters. The first-order chi connectivity index (χ1) is 12.1. The Labute approximate surface area is 150 Å². The Morgan fingerprint density at radius 1 is 1.23 bits per heavy atom. The standard InChI is InChI=1S/C16H19FN4O4S/c1-20(2)10-12-4-3-11(7-14(12)17)9-19-15-6-5-13(26(18,24)25)8-16(15)21(22)23/h3-8,19H,9-10H2,1-2H3,(H2,18,24,25). The highest BCUT2D eigenvalue weighted by atomic mass is 32.2. The molecule has 0 bridgehead atoms. The van der Waals surface area contributed by atoms with E-state index < -0.39 is 20.6 Å². The molecule has 0 amide bonds. The highest BCUT2D eigenvalue weighted by Crippen LogP contribution is 2.27. The lowest BCUT2D eigenvalue weighted by atomic mass is 10.1. The van der Waals surface area contributed by atoms with Crippen LogP contribution in [0.15, 0.2) is 41.3 Å². The van der Waals surface area contributed by atoms with Crippen molar-refractivity contribution < 1.29 is 17.7 Å². The average Bonchev–Trinajstić information content (AvgIpc) is 2.53. The second-order valence-corrected chi connectivity index (χ2v) is 7.56. The third-order valence-corrected chi connectivity index (χ3v) is 4.49. The van der Waals surface area contributed by atoms with Gasteiger partial charge in [-0.15, -0.1) is 0 Å². The smallest absolute Gasteiger partial charge is 0.293 e. The van der Waals surface area contributed by atoms with Gasteiger partial charge < -0.3 is 10.2 Å². The van der Waals surface area contributed by atoms with Crippen molar-refractivity contribution >= 4 is 21.4 Å². The number of nitro benzene ring substituents is 1. The van der Waals surface area contributed by atoms with Crippen LogP contribution >= 0.6 is 0 Å². The molecule has 26 heavy (non-hydrogen) atoms. The molecule has 0 aliphatic heterocycles. The van der Waals surface area contributed by atoms with Gasteiger partial charge in [-0.1, -0.05) is 12.1 Å². The molecule has 2 aromatic rings. The number of nitrogens with two attached hydrogens (primary N) is 1. The molecule has 10 heteroatoms. The Balaban J connectivity index is 2.21. The van der Waals surface area contributed by atoms with E-state index in [2.05, 4.69) is 5.32 Å². The van der Waals surface area contributed by atoms with E-state index in [1.165, 1.54) is 18.2 Å². The van der Waals surface area contributed by atoms with Crippen molar-refractivity contribution in [2.75, 3.05) is 19.4 Å². The topological polar surface area (TPSA) is 119 Å².